The van der Waals surface area contributed by atoms with Gasteiger partial charge >= 0.3 is 0 Å². The molecule has 4 heteroatoms. The third kappa shape index (κ3) is 5.80. The third-order valence-electron chi connectivity index (χ3n) is 3.29. The fourth-order valence-corrected chi connectivity index (χ4v) is 2.18. The maximum Gasteiger partial charge on any atom is 0.0593 e. The van der Waals surface area contributed by atoms with Gasteiger partial charge in [-0.25, -0.2) is 0 Å². The molecular formula is C12H27N3O. The van der Waals surface area contributed by atoms with Crippen LogP contribution in [0.1, 0.15) is 12.8 Å². The second kappa shape index (κ2) is 8.01. The molecule has 0 bridgehead atoms. The van der Waals surface area contributed by atoms with Crippen molar-refractivity contribution < 1.29 is 4.74 Å². The van der Waals surface area contributed by atoms with E-state index in [1.807, 2.05) is 0 Å². The zero-order valence-electron chi connectivity index (χ0n) is 10.8. The van der Waals surface area contributed by atoms with Crippen molar-refractivity contribution in [2.75, 3.05) is 60.0 Å². The summed E-state index contributed by atoms with van der Waals surface area (Å²) in [6.07, 6.45) is 2.68. The number of ether oxygens (including phenoxy) is 1. The predicted molar refractivity (Wildman–Crippen MR) is 67.6 cm³/mol. The minimum Gasteiger partial charge on any atom is -0.379 e. The van der Waals surface area contributed by atoms with Gasteiger partial charge in [0, 0.05) is 19.6 Å². The Kier molecular flexibility index (Phi) is 6.96. The topological polar surface area (TPSA) is 41.7 Å². The van der Waals surface area contributed by atoms with Gasteiger partial charge in [-0.2, -0.15) is 0 Å². The van der Waals surface area contributed by atoms with Crippen LogP contribution in [0.25, 0.3) is 0 Å². The molecule has 0 radical (unpaired) electrons. The summed E-state index contributed by atoms with van der Waals surface area (Å²) in [5, 5.41) is 0. The molecule has 0 unspecified atom stereocenters. The Balaban J connectivity index is 2.02. The van der Waals surface area contributed by atoms with Gasteiger partial charge in [0.1, 0.15) is 0 Å². The fraction of sp³-hybridized carbons (Fsp3) is 1.00. The quantitative estimate of drug-likeness (QED) is 0.635. The van der Waals surface area contributed by atoms with Crippen LogP contribution in [0.2, 0.25) is 0 Å². The Hall–Kier alpha value is -0.160. The van der Waals surface area contributed by atoms with Gasteiger partial charge in [0.05, 0.1) is 13.2 Å². The van der Waals surface area contributed by atoms with E-state index in [-0.39, 0.29) is 0 Å². The molecule has 1 heterocycles. The van der Waals surface area contributed by atoms with Gasteiger partial charge in [-0.15, -0.1) is 0 Å². The largest absolute Gasteiger partial charge is 0.379 e. The molecule has 0 aromatic carbocycles. The van der Waals surface area contributed by atoms with E-state index in [2.05, 4.69) is 23.9 Å². The minimum absolute atomic E-state index is 0.624. The lowest BCUT2D eigenvalue weighted by atomic mass is 9.97. The van der Waals surface area contributed by atoms with Crippen LogP contribution in [-0.2, 0) is 4.74 Å². The van der Waals surface area contributed by atoms with Gasteiger partial charge in [-0.05, 0) is 45.9 Å². The molecule has 0 saturated carbocycles. The van der Waals surface area contributed by atoms with E-state index < -0.39 is 0 Å². The average Bonchev–Trinajstić information content (AvgIpc) is 2.28. The molecule has 0 aromatic rings. The SMILES string of the molecule is CN1CCC(CN(C)CCOCCN)CC1. The van der Waals surface area contributed by atoms with Crippen LogP contribution in [0, 0.1) is 5.92 Å². The molecule has 1 saturated heterocycles. The summed E-state index contributed by atoms with van der Waals surface area (Å²) in [5.41, 5.74) is 5.36. The minimum atomic E-state index is 0.624. The molecular weight excluding hydrogens is 202 g/mol. The maximum absolute atomic E-state index is 5.38. The molecule has 1 aliphatic rings. The molecule has 16 heavy (non-hydrogen) atoms. The van der Waals surface area contributed by atoms with E-state index >= 15 is 0 Å². The smallest absolute Gasteiger partial charge is 0.0593 e. The van der Waals surface area contributed by atoms with Crippen molar-refractivity contribution in [2.45, 2.75) is 12.8 Å². The summed E-state index contributed by atoms with van der Waals surface area (Å²) in [5.74, 6) is 0.871. The highest BCUT2D eigenvalue weighted by molar-refractivity contribution is 4.72. The average molecular weight is 229 g/mol. The number of rotatable bonds is 7. The Bertz CT molecular complexity index is 170. The van der Waals surface area contributed by atoms with Crippen molar-refractivity contribution in [3.8, 4) is 0 Å². The normalized spacial score (nSPS) is 19.5. The van der Waals surface area contributed by atoms with Crippen molar-refractivity contribution in [3.63, 3.8) is 0 Å². The van der Waals surface area contributed by atoms with Crippen molar-refractivity contribution >= 4 is 0 Å². The molecule has 1 fully saturated rings. The van der Waals surface area contributed by atoms with Gasteiger partial charge in [0.15, 0.2) is 0 Å². The second-order valence-corrected chi connectivity index (χ2v) is 4.91. The fourth-order valence-electron chi connectivity index (χ4n) is 2.18. The van der Waals surface area contributed by atoms with Crippen molar-refractivity contribution in [2.24, 2.45) is 11.7 Å². The van der Waals surface area contributed by atoms with Gasteiger partial charge in [-0.3, -0.25) is 0 Å². The summed E-state index contributed by atoms with van der Waals surface area (Å²) in [6.45, 7) is 6.84. The third-order valence-corrected chi connectivity index (χ3v) is 3.29. The van der Waals surface area contributed by atoms with Crippen LogP contribution in [0.4, 0.5) is 0 Å². The number of piperidine rings is 1. The number of hydrogen-bond donors (Lipinski definition) is 1. The second-order valence-electron chi connectivity index (χ2n) is 4.91. The first-order valence-electron chi connectivity index (χ1n) is 6.37. The van der Waals surface area contributed by atoms with Crippen LogP contribution in [0.5, 0.6) is 0 Å². The molecule has 0 spiro atoms. The molecule has 0 atom stereocenters. The lowest BCUT2D eigenvalue weighted by molar-refractivity contribution is 0.105. The first-order valence-corrected chi connectivity index (χ1v) is 6.37. The Labute approximate surface area is 99.7 Å². The van der Waals surface area contributed by atoms with Crippen molar-refractivity contribution in [3.05, 3.63) is 0 Å². The van der Waals surface area contributed by atoms with Crippen LogP contribution >= 0.6 is 0 Å². The van der Waals surface area contributed by atoms with Crippen molar-refractivity contribution in [1.82, 2.24) is 9.80 Å². The molecule has 0 aromatic heterocycles. The van der Waals surface area contributed by atoms with Gasteiger partial charge < -0.3 is 20.3 Å². The summed E-state index contributed by atoms with van der Waals surface area (Å²) >= 11 is 0. The van der Waals surface area contributed by atoms with E-state index in [1.54, 1.807) is 0 Å². The number of nitrogens with zero attached hydrogens (tertiary/aromatic N) is 2. The molecule has 1 rings (SSSR count). The Morgan fingerprint density at radius 3 is 2.62 bits per heavy atom. The molecule has 1 aliphatic heterocycles. The molecule has 0 amide bonds. The summed E-state index contributed by atoms with van der Waals surface area (Å²) in [4.78, 5) is 4.80. The number of likely N-dealkylation sites (tertiary alicyclic amines) is 1. The summed E-state index contributed by atoms with van der Waals surface area (Å²) in [6, 6.07) is 0. The first-order chi connectivity index (χ1) is 7.72. The highest BCUT2D eigenvalue weighted by Crippen LogP contribution is 2.16. The highest BCUT2D eigenvalue weighted by atomic mass is 16.5. The Morgan fingerprint density at radius 1 is 1.31 bits per heavy atom. The Morgan fingerprint density at radius 2 is 2.00 bits per heavy atom. The van der Waals surface area contributed by atoms with E-state index in [4.69, 9.17) is 10.5 Å². The van der Waals surface area contributed by atoms with Crippen LogP contribution < -0.4 is 5.73 Å². The lowest BCUT2D eigenvalue weighted by Crippen LogP contribution is -2.36. The first kappa shape index (κ1) is 13.9. The summed E-state index contributed by atoms with van der Waals surface area (Å²) < 4.78 is 5.38. The van der Waals surface area contributed by atoms with Crippen molar-refractivity contribution in [1.29, 1.82) is 0 Å². The number of hydrogen-bond acceptors (Lipinski definition) is 4. The van der Waals surface area contributed by atoms with E-state index in [0.29, 0.717) is 13.2 Å². The molecule has 2 N–H and O–H groups in total. The van der Waals surface area contributed by atoms with E-state index in [0.717, 1.165) is 19.1 Å². The highest BCUT2D eigenvalue weighted by Gasteiger charge is 2.17. The van der Waals surface area contributed by atoms with Gasteiger partial charge in [-0.1, -0.05) is 0 Å². The van der Waals surface area contributed by atoms with E-state index in [9.17, 15) is 0 Å². The van der Waals surface area contributed by atoms with Gasteiger partial charge in [0.25, 0.3) is 0 Å². The van der Waals surface area contributed by atoms with Crippen LogP contribution in [0.3, 0.4) is 0 Å². The number of nitrogens with two attached hydrogens (primary N) is 1. The molecule has 4 nitrogen and oxygen atoms in total. The zero-order valence-corrected chi connectivity index (χ0v) is 10.8. The zero-order chi connectivity index (χ0) is 11.8. The van der Waals surface area contributed by atoms with E-state index in [1.165, 1.54) is 32.5 Å². The summed E-state index contributed by atoms with van der Waals surface area (Å²) in [7, 11) is 4.39. The monoisotopic (exact) mass is 229 g/mol. The van der Waals surface area contributed by atoms with Crippen LogP contribution in [-0.4, -0.2) is 69.8 Å². The molecule has 0 aliphatic carbocycles. The van der Waals surface area contributed by atoms with Gasteiger partial charge in [0.2, 0.25) is 0 Å². The van der Waals surface area contributed by atoms with Crippen LogP contribution in [0.15, 0.2) is 0 Å². The standard InChI is InChI=1S/C12H27N3O/c1-14-6-3-12(4-7-14)11-15(2)8-10-16-9-5-13/h12H,3-11,13H2,1-2H3. The predicted octanol–water partition coefficient (Wildman–Crippen LogP) is 0.235. The molecule has 96 valence electrons. The number of likely N-dealkylation sites (N-methyl/N-ethyl adjacent to an activating group) is 1. The maximum atomic E-state index is 5.38. The lowest BCUT2D eigenvalue weighted by Gasteiger charge is -2.31.